The maximum absolute atomic E-state index is 11.5. The Balaban J connectivity index is 3.03. The summed E-state index contributed by atoms with van der Waals surface area (Å²) < 4.78 is 0. The van der Waals surface area contributed by atoms with E-state index in [0.717, 1.165) is 25.7 Å². The molecule has 2 unspecified atom stereocenters. The van der Waals surface area contributed by atoms with Gasteiger partial charge in [-0.05, 0) is 43.4 Å². The molecule has 0 radical (unpaired) electrons. The van der Waals surface area contributed by atoms with Gasteiger partial charge in [-0.15, -0.1) is 0 Å². The van der Waals surface area contributed by atoms with Gasteiger partial charge < -0.3 is 10.8 Å². The van der Waals surface area contributed by atoms with Crippen LogP contribution in [0.1, 0.15) is 73.1 Å². The lowest BCUT2D eigenvalue weighted by Crippen LogP contribution is -2.56. The van der Waals surface area contributed by atoms with Gasteiger partial charge in [-0.1, -0.05) is 47.5 Å². The summed E-state index contributed by atoms with van der Waals surface area (Å²) in [7, 11) is 0. The van der Waals surface area contributed by atoms with Crippen LogP contribution in [0.5, 0.6) is 0 Å². The number of aliphatic hydroxyl groups is 1. The molecule has 2 atom stereocenters. The van der Waals surface area contributed by atoms with Crippen LogP contribution in [-0.4, -0.2) is 17.3 Å². The lowest BCUT2D eigenvalue weighted by Gasteiger charge is -2.52. The van der Waals surface area contributed by atoms with Crippen molar-refractivity contribution >= 4 is 0 Å². The first-order chi connectivity index (χ1) is 8.74. The fourth-order valence-electron chi connectivity index (χ4n) is 4.33. The average Bonchev–Trinajstić information content (AvgIpc) is 2.26. The highest BCUT2D eigenvalue weighted by Gasteiger charge is 2.50. The van der Waals surface area contributed by atoms with Crippen molar-refractivity contribution < 1.29 is 5.11 Å². The largest absolute Gasteiger partial charge is 0.389 e. The first-order valence-corrected chi connectivity index (χ1v) is 8.17. The zero-order chi connectivity index (χ0) is 14.7. The molecule has 1 aliphatic carbocycles. The Morgan fingerprint density at radius 1 is 1.21 bits per heavy atom. The molecule has 114 valence electrons. The van der Waals surface area contributed by atoms with Gasteiger partial charge in [-0.3, -0.25) is 0 Å². The molecule has 1 rings (SSSR count). The topological polar surface area (TPSA) is 46.2 Å². The molecule has 0 amide bonds. The van der Waals surface area contributed by atoms with Crippen molar-refractivity contribution in [1.29, 1.82) is 0 Å². The van der Waals surface area contributed by atoms with Crippen LogP contribution in [0.25, 0.3) is 0 Å². The van der Waals surface area contributed by atoms with E-state index in [1.54, 1.807) is 0 Å². The molecule has 3 N–H and O–H groups in total. The van der Waals surface area contributed by atoms with Crippen molar-refractivity contribution in [1.82, 2.24) is 0 Å². The predicted molar refractivity (Wildman–Crippen MR) is 83.0 cm³/mol. The molecule has 19 heavy (non-hydrogen) atoms. The number of nitrogens with two attached hydrogens (primary N) is 1. The van der Waals surface area contributed by atoms with Crippen LogP contribution in [0, 0.1) is 23.2 Å². The van der Waals surface area contributed by atoms with Gasteiger partial charge in [0.1, 0.15) is 0 Å². The van der Waals surface area contributed by atoms with Gasteiger partial charge in [-0.25, -0.2) is 0 Å². The van der Waals surface area contributed by atoms with E-state index < -0.39 is 5.60 Å². The van der Waals surface area contributed by atoms with Crippen LogP contribution in [0.3, 0.4) is 0 Å². The van der Waals surface area contributed by atoms with Crippen LogP contribution in [0.15, 0.2) is 0 Å². The minimum absolute atomic E-state index is 0.0563. The summed E-state index contributed by atoms with van der Waals surface area (Å²) in [5, 5.41) is 11.5. The molecule has 1 saturated carbocycles. The fourth-order valence-corrected chi connectivity index (χ4v) is 4.33. The van der Waals surface area contributed by atoms with Crippen molar-refractivity contribution in [3.8, 4) is 0 Å². The number of rotatable bonds is 6. The molecule has 0 aromatic heterocycles. The summed E-state index contributed by atoms with van der Waals surface area (Å²) >= 11 is 0. The highest BCUT2D eigenvalue weighted by molar-refractivity contribution is 5.02. The highest BCUT2D eigenvalue weighted by atomic mass is 16.3. The minimum Gasteiger partial charge on any atom is -0.389 e. The van der Waals surface area contributed by atoms with Crippen LogP contribution < -0.4 is 5.73 Å². The van der Waals surface area contributed by atoms with Gasteiger partial charge in [0.05, 0.1) is 5.60 Å². The van der Waals surface area contributed by atoms with Crippen molar-refractivity contribution in [2.45, 2.75) is 78.7 Å². The van der Waals surface area contributed by atoms with E-state index in [4.69, 9.17) is 5.73 Å². The van der Waals surface area contributed by atoms with E-state index in [1.807, 2.05) is 0 Å². The van der Waals surface area contributed by atoms with E-state index in [0.29, 0.717) is 24.3 Å². The Morgan fingerprint density at radius 3 is 2.11 bits per heavy atom. The van der Waals surface area contributed by atoms with Gasteiger partial charge in [0, 0.05) is 12.0 Å². The Labute approximate surface area is 120 Å². The van der Waals surface area contributed by atoms with E-state index in [1.165, 1.54) is 12.8 Å². The summed E-state index contributed by atoms with van der Waals surface area (Å²) in [6.07, 6.45) is 6.48. The van der Waals surface area contributed by atoms with E-state index in [9.17, 15) is 5.11 Å². The molecule has 0 heterocycles. The molecule has 0 saturated heterocycles. The van der Waals surface area contributed by atoms with Gasteiger partial charge in [0.15, 0.2) is 0 Å². The maximum Gasteiger partial charge on any atom is 0.0720 e. The van der Waals surface area contributed by atoms with E-state index in [-0.39, 0.29) is 5.41 Å². The highest BCUT2D eigenvalue weighted by Crippen LogP contribution is 2.51. The molecular weight excluding hydrogens is 234 g/mol. The quantitative estimate of drug-likeness (QED) is 0.766. The van der Waals surface area contributed by atoms with Crippen LogP contribution in [0.2, 0.25) is 0 Å². The third-order valence-electron chi connectivity index (χ3n) is 4.96. The molecule has 2 heteroatoms. The third-order valence-corrected chi connectivity index (χ3v) is 4.96. The second kappa shape index (κ2) is 6.58. The summed E-state index contributed by atoms with van der Waals surface area (Å²) in [5.41, 5.74) is 5.54. The molecule has 0 spiro atoms. The third kappa shape index (κ3) is 3.95. The Morgan fingerprint density at radius 2 is 1.74 bits per heavy atom. The van der Waals surface area contributed by atoms with Crippen molar-refractivity contribution in [3.63, 3.8) is 0 Å². The van der Waals surface area contributed by atoms with E-state index >= 15 is 0 Å². The minimum atomic E-state index is -0.585. The zero-order valence-electron chi connectivity index (χ0n) is 13.7. The molecule has 0 bridgehead atoms. The average molecular weight is 269 g/mol. The number of hydrogen-bond acceptors (Lipinski definition) is 2. The second-order valence-electron chi connectivity index (χ2n) is 7.91. The van der Waals surface area contributed by atoms with Crippen molar-refractivity contribution in [2.24, 2.45) is 28.9 Å². The maximum atomic E-state index is 11.5. The van der Waals surface area contributed by atoms with Crippen molar-refractivity contribution in [2.75, 3.05) is 6.54 Å². The summed E-state index contributed by atoms with van der Waals surface area (Å²) in [6.45, 7) is 11.8. The Hall–Kier alpha value is -0.0800. The smallest absolute Gasteiger partial charge is 0.0720 e. The summed E-state index contributed by atoms with van der Waals surface area (Å²) in [4.78, 5) is 0. The van der Waals surface area contributed by atoms with Gasteiger partial charge in [-0.2, -0.15) is 0 Å². The molecule has 2 nitrogen and oxygen atoms in total. The lowest BCUT2D eigenvalue weighted by molar-refractivity contribution is -0.130. The monoisotopic (exact) mass is 269 g/mol. The molecule has 1 fully saturated rings. The standard InChI is InChI=1S/C17H35NO/c1-13(2)9-17(19,10-14(3)4)16(12-18)8-6-7-15(5)11-16/h13-15,19H,6-12,18H2,1-5H3. The van der Waals surface area contributed by atoms with Crippen molar-refractivity contribution in [3.05, 3.63) is 0 Å². The zero-order valence-corrected chi connectivity index (χ0v) is 13.7. The fraction of sp³-hybridized carbons (Fsp3) is 1.00. The summed E-state index contributed by atoms with van der Waals surface area (Å²) in [6, 6.07) is 0. The van der Waals surface area contributed by atoms with Gasteiger partial charge in [0.25, 0.3) is 0 Å². The predicted octanol–water partition coefficient (Wildman–Crippen LogP) is 3.96. The van der Waals surface area contributed by atoms with Gasteiger partial charge >= 0.3 is 0 Å². The molecule has 0 aromatic carbocycles. The molecule has 0 aliphatic heterocycles. The Bertz CT molecular complexity index is 264. The van der Waals surface area contributed by atoms with Crippen LogP contribution >= 0.6 is 0 Å². The number of hydrogen-bond donors (Lipinski definition) is 2. The molecular formula is C17H35NO. The Kier molecular flexibility index (Phi) is 5.88. The second-order valence-corrected chi connectivity index (χ2v) is 7.91. The first-order valence-electron chi connectivity index (χ1n) is 8.17. The van der Waals surface area contributed by atoms with Crippen LogP contribution in [0.4, 0.5) is 0 Å². The normalized spacial score (nSPS) is 29.2. The SMILES string of the molecule is CC(C)CC(O)(CC(C)C)C1(CN)CCCC(C)C1. The lowest BCUT2D eigenvalue weighted by atomic mass is 9.57. The first kappa shape index (κ1) is 17.0. The van der Waals surface area contributed by atoms with Crippen LogP contribution in [-0.2, 0) is 0 Å². The molecule has 0 aromatic rings. The summed E-state index contributed by atoms with van der Waals surface area (Å²) in [5.74, 6) is 1.73. The van der Waals surface area contributed by atoms with E-state index in [2.05, 4.69) is 34.6 Å². The molecule has 1 aliphatic rings. The van der Waals surface area contributed by atoms with Gasteiger partial charge in [0.2, 0.25) is 0 Å².